The summed E-state index contributed by atoms with van der Waals surface area (Å²) in [6, 6.07) is 17.5. The molecule has 0 fully saturated rings. The molecule has 0 amide bonds. The summed E-state index contributed by atoms with van der Waals surface area (Å²) < 4.78 is 6.30. The molecule has 0 saturated carbocycles. The van der Waals surface area contributed by atoms with Crippen molar-refractivity contribution in [2.75, 3.05) is 0 Å². The number of halogens is 2. The van der Waals surface area contributed by atoms with Crippen LogP contribution in [0.3, 0.4) is 0 Å². The molecule has 0 saturated heterocycles. The van der Waals surface area contributed by atoms with E-state index in [4.69, 9.17) is 33.0 Å². The van der Waals surface area contributed by atoms with Crippen LogP contribution in [0.25, 0.3) is 0 Å². The predicted octanol–water partition coefficient (Wildman–Crippen LogP) is 5.63. The molecule has 2 aliphatic heterocycles. The second-order valence-electron chi connectivity index (χ2n) is 6.59. The van der Waals surface area contributed by atoms with E-state index in [1.807, 2.05) is 59.6 Å². The van der Waals surface area contributed by atoms with E-state index in [-0.39, 0.29) is 12.3 Å². The number of ether oxygens (including phenoxy) is 1. The van der Waals surface area contributed by atoms with Crippen LogP contribution in [-0.4, -0.2) is 15.7 Å². The summed E-state index contributed by atoms with van der Waals surface area (Å²) in [6.45, 7) is 0. The zero-order valence-electron chi connectivity index (χ0n) is 14.2. The Morgan fingerprint density at radius 3 is 2.44 bits per heavy atom. The van der Waals surface area contributed by atoms with Gasteiger partial charge in [0.15, 0.2) is 0 Å². The Morgan fingerprint density at radius 1 is 0.926 bits per heavy atom. The van der Waals surface area contributed by atoms with Gasteiger partial charge in [0, 0.05) is 40.0 Å². The Balaban J connectivity index is 1.60. The average Bonchev–Trinajstić information content (AvgIpc) is 3.14. The van der Waals surface area contributed by atoms with Crippen LogP contribution in [-0.2, 0) is 0 Å². The Morgan fingerprint density at radius 2 is 1.67 bits per heavy atom. The molecule has 0 radical (unpaired) electrons. The van der Waals surface area contributed by atoms with E-state index in [1.165, 1.54) is 0 Å². The fourth-order valence-corrected chi connectivity index (χ4v) is 3.93. The second kappa shape index (κ2) is 6.55. The fourth-order valence-electron chi connectivity index (χ4n) is 3.62. The van der Waals surface area contributed by atoms with Crippen molar-refractivity contribution in [3.8, 4) is 5.75 Å². The van der Waals surface area contributed by atoms with Crippen LogP contribution in [0.1, 0.15) is 35.4 Å². The van der Waals surface area contributed by atoms with Crippen LogP contribution >= 0.6 is 23.2 Å². The smallest absolute Gasteiger partial charge is 0.213 e. The molecule has 0 unspecified atom stereocenters. The summed E-state index contributed by atoms with van der Waals surface area (Å²) in [5.41, 5.74) is 4.13. The van der Waals surface area contributed by atoms with Crippen LogP contribution in [0.15, 0.2) is 72.1 Å². The monoisotopic (exact) mass is 395 g/mol. The summed E-state index contributed by atoms with van der Waals surface area (Å²) >= 11 is 12.3. The molecule has 4 nitrogen and oxygen atoms in total. The Labute approximate surface area is 167 Å². The number of pyridine rings is 1. The van der Waals surface area contributed by atoms with E-state index in [1.54, 1.807) is 12.4 Å². The molecule has 27 heavy (non-hydrogen) atoms. The normalized spacial score (nSPS) is 20.5. The highest BCUT2D eigenvalue weighted by atomic mass is 35.5. The topological polar surface area (TPSA) is 37.7 Å². The SMILES string of the molecule is Clc1ccc(C2=NN3[C@@H](c4ccncc4)Oc4ccc(Cl)cc4[C@@H]3C2)cc1. The van der Waals surface area contributed by atoms with Crippen molar-refractivity contribution in [3.05, 3.63) is 93.7 Å². The third-order valence-electron chi connectivity index (χ3n) is 4.92. The molecule has 3 heterocycles. The van der Waals surface area contributed by atoms with Gasteiger partial charge in [-0.25, -0.2) is 5.01 Å². The first-order chi connectivity index (χ1) is 13.2. The first-order valence-corrected chi connectivity index (χ1v) is 9.42. The number of hydrogen-bond donors (Lipinski definition) is 0. The molecule has 0 N–H and O–H groups in total. The Bertz CT molecular complexity index is 1020. The van der Waals surface area contributed by atoms with E-state index >= 15 is 0 Å². The number of aromatic nitrogens is 1. The van der Waals surface area contributed by atoms with Crippen LogP contribution in [0.2, 0.25) is 10.0 Å². The van der Waals surface area contributed by atoms with Gasteiger partial charge in [-0.1, -0.05) is 35.3 Å². The lowest BCUT2D eigenvalue weighted by atomic mass is 9.96. The van der Waals surface area contributed by atoms with Crippen molar-refractivity contribution < 1.29 is 4.74 Å². The molecule has 2 aliphatic rings. The maximum atomic E-state index is 6.30. The molecule has 6 heteroatoms. The van der Waals surface area contributed by atoms with Crippen molar-refractivity contribution in [2.24, 2.45) is 5.10 Å². The first-order valence-electron chi connectivity index (χ1n) is 8.67. The summed E-state index contributed by atoms with van der Waals surface area (Å²) in [4.78, 5) is 4.11. The van der Waals surface area contributed by atoms with E-state index in [2.05, 4.69) is 4.98 Å². The first kappa shape index (κ1) is 16.6. The molecule has 2 atom stereocenters. The standard InChI is InChI=1S/C21H15Cl2N3O/c22-15-3-1-13(2-4-15)18-12-19-17-11-16(23)5-6-20(17)27-21(26(19)25-18)14-7-9-24-10-8-14/h1-11,19,21H,12H2/t19-,21+/m0/s1. The van der Waals surface area contributed by atoms with Crippen LogP contribution in [0, 0.1) is 0 Å². The lowest BCUT2D eigenvalue weighted by Crippen LogP contribution is -2.33. The fraction of sp³-hybridized carbons (Fsp3) is 0.143. The van der Waals surface area contributed by atoms with Gasteiger partial charge in [-0.05, 0) is 48.0 Å². The Kier molecular flexibility index (Phi) is 4.03. The highest BCUT2D eigenvalue weighted by molar-refractivity contribution is 6.31. The molecule has 134 valence electrons. The second-order valence-corrected chi connectivity index (χ2v) is 7.46. The minimum absolute atomic E-state index is 0.0660. The van der Waals surface area contributed by atoms with Crippen molar-refractivity contribution in [3.63, 3.8) is 0 Å². The summed E-state index contributed by atoms with van der Waals surface area (Å²) in [5.74, 6) is 0.843. The summed E-state index contributed by atoms with van der Waals surface area (Å²) in [7, 11) is 0. The molecule has 3 aromatic rings. The highest BCUT2D eigenvalue weighted by Crippen LogP contribution is 2.48. The van der Waals surface area contributed by atoms with Gasteiger partial charge in [0.1, 0.15) is 5.75 Å². The predicted molar refractivity (Wildman–Crippen MR) is 106 cm³/mol. The van der Waals surface area contributed by atoms with Crippen LogP contribution in [0.4, 0.5) is 0 Å². The van der Waals surface area contributed by atoms with Crippen molar-refractivity contribution in [1.82, 2.24) is 9.99 Å². The Hall–Kier alpha value is -2.56. The highest BCUT2D eigenvalue weighted by Gasteiger charge is 2.41. The molecule has 5 rings (SSSR count). The molecule has 0 spiro atoms. The van der Waals surface area contributed by atoms with Crippen LogP contribution in [0.5, 0.6) is 5.75 Å². The number of rotatable bonds is 2. The van der Waals surface area contributed by atoms with Gasteiger partial charge in [0.2, 0.25) is 6.23 Å². The zero-order valence-corrected chi connectivity index (χ0v) is 15.7. The van der Waals surface area contributed by atoms with E-state index in [0.29, 0.717) is 10.0 Å². The van der Waals surface area contributed by atoms with Gasteiger partial charge in [0.05, 0.1) is 11.8 Å². The minimum Gasteiger partial charge on any atom is -0.464 e. The lowest BCUT2D eigenvalue weighted by Gasteiger charge is -2.38. The number of nitrogens with zero attached hydrogens (tertiary/aromatic N) is 3. The third kappa shape index (κ3) is 2.95. The number of benzene rings is 2. The maximum Gasteiger partial charge on any atom is 0.213 e. The van der Waals surface area contributed by atoms with E-state index in [0.717, 1.165) is 34.6 Å². The summed E-state index contributed by atoms with van der Waals surface area (Å²) in [5, 5.41) is 8.35. The van der Waals surface area contributed by atoms with Crippen molar-refractivity contribution in [2.45, 2.75) is 18.7 Å². The van der Waals surface area contributed by atoms with Crippen molar-refractivity contribution in [1.29, 1.82) is 0 Å². The summed E-state index contributed by atoms with van der Waals surface area (Å²) in [6.07, 6.45) is 4.01. The largest absolute Gasteiger partial charge is 0.464 e. The molecule has 0 bridgehead atoms. The zero-order chi connectivity index (χ0) is 18.4. The van der Waals surface area contributed by atoms with Gasteiger partial charge in [0.25, 0.3) is 0 Å². The van der Waals surface area contributed by atoms with Gasteiger partial charge in [-0.3, -0.25) is 4.98 Å². The average molecular weight is 396 g/mol. The van der Waals surface area contributed by atoms with E-state index in [9.17, 15) is 0 Å². The maximum absolute atomic E-state index is 6.30. The quantitative estimate of drug-likeness (QED) is 0.563. The van der Waals surface area contributed by atoms with Gasteiger partial charge in [-0.15, -0.1) is 0 Å². The molecule has 2 aromatic carbocycles. The number of hydrazone groups is 1. The number of fused-ring (bicyclic) bond motifs is 3. The minimum atomic E-state index is -0.309. The van der Waals surface area contributed by atoms with Gasteiger partial charge in [-0.2, -0.15) is 5.10 Å². The number of hydrogen-bond acceptors (Lipinski definition) is 4. The van der Waals surface area contributed by atoms with Gasteiger partial charge >= 0.3 is 0 Å². The molecular formula is C21H15Cl2N3O. The lowest BCUT2D eigenvalue weighted by molar-refractivity contribution is -0.0190. The van der Waals surface area contributed by atoms with E-state index < -0.39 is 0 Å². The molecular weight excluding hydrogens is 381 g/mol. The molecule has 0 aliphatic carbocycles. The van der Waals surface area contributed by atoms with Crippen molar-refractivity contribution >= 4 is 28.9 Å². The van der Waals surface area contributed by atoms with Crippen LogP contribution < -0.4 is 4.74 Å². The van der Waals surface area contributed by atoms with Gasteiger partial charge < -0.3 is 4.74 Å². The third-order valence-corrected chi connectivity index (χ3v) is 5.41. The molecule has 1 aromatic heterocycles.